The fourth-order valence-electron chi connectivity index (χ4n) is 5.23. The molecule has 0 unspecified atom stereocenters. The summed E-state index contributed by atoms with van der Waals surface area (Å²) in [7, 11) is 1.56. The number of alkyl halides is 2. The number of piperazine rings is 1. The second-order valence-corrected chi connectivity index (χ2v) is 9.52. The van der Waals surface area contributed by atoms with E-state index in [0.29, 0.717) is 80.6 Å². The molecular weight excluding hydrogens is 447 g/mol. The number of nitrogens with zero attached hydrogens (tertiary/aromatic N) is 3. The van der Waals surface area contributed by atoms with Gasteiger partial charge in [0.15, 0.2) is 0 Å². The van der Waals surface area contributed by atoms with Gasteiger partial charge in [0.2, 0.25) is 5.92 Å². The van der Waals surface area contributed by atoms with Crippen molar-refractivity contribution in [2.75, 3.05) is 39.8 Å². The van der Waals surface area contributed by atoms with Crippen LogP contribution in [0.25, 0.3) is 10.9 Å². The Labute approximate surface area is 197 Å². The molecule has 34 heavy (non-hydrogen) atoms. The summed E-state index contributed by atoms with van der Waals surface area (Å²) in [4.78, 5) is 20.2. The average molecular weight is 480 g/mol. The van der Waals surface area contributed by atoms with E-state index in [1.165, 1.54) is 6.20 Å². The van der Waals surface area contributed by atoms with E-state index >= 15 is 0 Å². The lowest BCUT2D eigenvalue weighted by Crippen LogP contribution is -2.57. The molecule has 2 heterocycles. The summed E-state index contributed by atoms with van der Waals surface area (Å²) in [5, 5.41) is 10.5. The summed E-state index contributed by atoms with van der Waals surface area (Å²) in [6.07, 6.45) is 3.11. The quantitative estimate of drug-likeness (QED) is 0.612. The number of methoxy groups -OCH3 is 1. The van der Waals surface area contributed by atoms with Gasteiger partial charge in [-0.3, -0.25) is 19.6 Å². The molecule has 2 aromatic rings. The average Bonchev–Trinajstić information content (AvgIpc) is 2.82. The van der Waals surface area contributed by atoms with Crippen LogP contribution in [-0.2, 0) is 11.2 Å². The Morgan fingerprint density at radius 1 is 1.26 bits per heavy atom. The first-order valence-corrected chi connectivity index (χ1v) is 11.9. The number of pyridine rings is 1. The third-order valence-corrected chi connectivity index (χ3v) is 7.22. The number of benzene rings is 1. The van der Waals surface area contributed by atoms with Crippen molar-refractivity contribution in [2.45, 2.75) is 50.5 Å². The molecule has 1 aromatic carbocycles. The number of carboxylic acids is 1. The number of aliphatic carboxylic acids is 1. The largest absolute Gasteiger partial charge is 0.497 e. The Morgan fingerprint density at radius 2 is 2.03 bits per heavy atom. The summed E-state index contributed by atoms with van der Waals surface area (Å²) in [5.41, 5.74) is 1.25. The van der Waals surface area contributed by atoms with Crippen molar-refractivity contribution in [1.82, 2.24) is 14.8 Å². The molecule has 1 saturated heterocycles. The van der Waals surface area contributed by atoms with Gasteiger partial charge in [-0.2, -0.15) is 0 Å². The van der Waals surface area contributed by atoms with Crippen LogP contribution >= 0.6 is 0 Å². The molecule has 0 bridgehead atoms. The zero-order valence-corrected chi connectivity index (χ0v) is 19.5. The Morgan fingerprint density at radius 3 is 2.74 bits per heavy atom. The lowest BCUT2D eigenvalue weighted by atomic mass is 9.86. The van der Waals surface area contributed by atoms with Crippen molar-refractivity contribution in [3.05, 3.63) is 35.8 Å². The van der Waals surface area contributed by atoms with E-state index < -0.39 is 17.9 Å². The topological polar surface area (TPSA) is 65.9 Å². The van der Waals surface area contributed by atoms with Crippen molar-refractivity contribution in [3.63, 3.8) is 0 Å². The molecule has 0 spiro atoms. The van der Waals surface area contributed by atoms with Gasteiger partial charge in [-0.1, -0.05) is 0 Å². The van der Waals surface area contributed by atoms with Crippen LogP contribution < -0.4 is 4.74 Å². The van der Waals surface area contributed by atoms with Gasteiger partial charge in [0.05, 0.1) is 18.8 Å². The molecule has 1 aliphatic carbocycles. The van der Waals surface area contributed by atoms with E-state index in [-0.39, 0.29) is 24.6 Å². The third kappa shape index (κ3) is 5.81. The first kappa shape index (κ1) is 24.7. The highest BCUT2D eigenvalue weighted by atomic mass is 19.3. The maximum absolute atomic E-state index is 14.6. The number of carboxylic acid groups (broad SMARTS) is 1. The summed E-state index contributed by atoms with van der Waals surface area (Å²) in [5.74, 6) is -2.99. The summed E-state index contributed by atoms with van der Waals surface area (Å²) >= 11 is 0. The van der Waals surface area contributed by atoms with Crippen molar-refractivity contribution in [3.8, 4) is 5.75 Å². The summed E-state index contributed by atoms with van der Waals surface area (Å²) in [6, 6.07) is 4.70. The molecule has 4 rings (SSSR count). The first-order valence-electron chi connectivity index (χ1n) is 11.9. The first-order chi connectivity index (χ1) is 16.3. The van der Waals surface area contributed by atoms with Crippen LogP contribution in [0.2, 0.25) is 0 Å². The van der Waals surface area contributed by atoms with E-state index in [9.17, 15) is 23.1 Å². The Bertz CT molecular complexity index is 1010. The van der Waals surface area contributed by atoms with Crippen LogP contribution in [0.15, 0.2) is 24.4 Å². The van der Waals surface area contributed by atoms with Gasteiger partial charge >= 0.3 is 5.97 Å². The van der Waals surface area contributed by atoms with Crippen LogP contribution in [-0.4, -0.2) is 77.7 Å². The molecule has 1 atom stereocenters. The molecule has 2 aliphatic rings. The highest BCUT2D eigenvalue weighted by Gasteiger charge is 2.37. The highest BCUT2D eigenvalue weighted by Crippen LogP contribution is 2.36. The van der Waals surface area contributed by atoms with Crippen molar-refractivity contribution >= 4 is 16.9 Å². The standard InChI is InChI=1S/C25H32F3N3O3/c1-34-18-4-5-22-20(13-18)19(21(26)14-29-22)3-2-10-31-12-11-30(16-23(31)24(32)33)15-17-6-8-25(27,28)9-7-17/h4-5,13-14,17,23H,2-3,6-12,15-16H2,1H3,(H,32,33)/t23-/m1/s1. The van der Waals surface area contributed by atoms with Crippen LogP contribution in [0.4, 0.5) is 13.2 Å². The van der Waals surface area contributed by atoms with E-state index in [0.717, 1.165) is 0 Å². The molecule has 186 valence electrons. The number of hydrogen-bond donors (Lipinski definition) is 1. The molecule has 1 saturated carbocycles. The molecule has 2 fully saturated rings. The fourth-order valence-corrected chi connectivity index (χ4v) is 5.23. The zero-order chi connectivity index (χ0) is 24.3. The number of aromatic nitrogens is 1. The van der Waals surface area contributed by atoms with E-state index in [2.05, 4.69) is 9.88 Å². The molecular formula is C25H32F3N3O3. The maximum Gasteiger partial charge on any atom is 0.322 e. The van der Waals surface area contributed by atoms with Gasteiger partial charge in [0, 0.05) is 44.4 Å². The lowest BCUT2D eigenvalue weighted by molar-refractivity contribution is -0.146. The normalized spacial score (nSPS) is 22.2. The molecule has 6 nitrogen and oxygen atoms in total. The highest BCUT2D eigenvalue weighted by molar-refractivity contribution is 5.83. The van der Waals surface area contributed by atoms with Crippen molar-refractivity contribution in [2.24, 2.45) is 5.92 Å². The second kappa shape index (κ2) is 10.5. The molecule has 1 aromatic heterocycles. The van der Waals surface area contributed by atoms with Crippen molar-refractivity contribution in [1.29, 1.82) is 0 Å². The SMILES string of the molecule is COc1ccc2ncc(F)c(CCCN3CCN(CC4CCC(F)(F)CC4)C[C@@H]3C(=O)O)c2c1. The number of rotatable bonds is 8. The minimum Gasteiger partial charge on any atom is -0.497 e. The maximum atomic E-state index is 14.6. The van der Waals surface area contributed by atoms with Gasteiger partial charge in [-0.25, -0.2) is 13.2 Å². The number of ether oxygens (including phenoxy) is 1. The van der Waals surface area contributed by atoms with Crippen LogP contribution in [0.1, 0.15) is 37.7 Å². The summed E-state index contributed by atoms with van der Waals surface area (Å²) in [6.45, 7) is 2.89. The number of carbonyl (C=O) groups is 1. The van der Waals surface area contributed by atoms with Crippen LogP contribution in [0.3, 0.4) is 0 Å². The molecule has 1 N–H and O–H groups in total. The fraction of sp³-hybridized carbons (Fsp3) is 0.600. The summed E-state index contributed by atoms with van der Waals surface area (Å²) < 4.78 is 46.7. The van der Waals surface area contributed by atoms with Crippen molar-refractivity contribution < 1.29 is 27.8 Å². The Kier molecular flexibility index (Phi) is 7.62. The van der Waals surface area contributed by atoms with E-state index in [1.54, 1.807) is 25.3 Å². The van der Waals surface area contributed by atoms with Gasteiger partial charge in [-0.15, -0.1) is 0 Å². The van der Waals surface area contributed by atoms with Gasteiger partial charge in [-0.05, 0) is 61.9 Å². The molecule has 0 radical (unpaired) electrons. The van der Waals surface area contributed by atoms with Crippen LogP contribution in [0.5, 0.6) is 5.75 Å². The predicted molar refractivity (Wildman–Crippen MR) is 123 cm³/mol. The van der Waals surface area contributed by atoms with Crippen LogP contribution in [0, 0.1) is 11.7 Å². The minimum atomic E-state index is -2.55. The van der Waals surface area contributed by atoms with E-state index in [4.69, 9.17) is 4.74 Å². The monoisotopic (exact) mass is 479 g/mol. The Balaban J connectivity index is 1.35. The van der Waals surface area contributed by atoms with Gasteiger partial charge in [0.1, 0.15) is 17.6 Å². The number of hydrogen-bond acceptors (Lipinski definition) is 5. The second-order valence-electron chi connectivity index (χ2n) is 9.52. The lowest BCUT2D eigenvalue weighted by Gasteiger charge is -2.41. The smallest absolute Gasteiger partial charge is 0.322 e. The van der Waals surface area contributed by atoms with Gasteiger partial charge < -0.3 is 9.84 Å². The molecule has 9 heteroatoms. The van der Waals surface area contributed by atoms with E-state index in [1.807, 2.05) is 4.90 Å². The van der Waals surface area contributed by atoms with Gasteiger partial charge in [0.25, 0.3) is 0 Å². The minimum absolute atomic E-state index is 0.0773. The number of fused-ring (bicyclic) bond motifs is 1. The third-order valence-electron chi connectivity index (χ3n) is 7.22. The number of halogens is 3. The predicted octanol–water partition coefficient (Wildman–Crippen LogP) is 4.21. The molecule has 1 aliphatic heterocycles. The number of aryl methyl sites for hydroxylation is 1. The zero-order valence-electron chi connectivity index (χ0n) is 19.5. The molecule has 0 amide bonds. The Hall–Kier alpha value is -2.39.